The van der Waals surface area contributed by atoms with Gasteiger partial charge in [-0.15, -0.1) is 0 Å². The first-order chi connectivity index (χ1) is 14.9. The molecule has 0 aliphatic carbocycles. The number of para-hydroxylation sites is 1. The van der Waals surface area contributed by atoms with Crippen molar-refractivity contribution in [2.45, 2.75) is 17.3 Å². The first-order valence-electron chi connectivity index (χ1n) is 9.60. The molecule has 1 amide bonds. The van der Waals surface area contributed by atoms with E-state index in [1.54, 1.807) is 41.9 Å². The maximum absolute atomic E-state index is 13.2. The Morgan fingerprint density at radius 3 is 2.41 bits per heavy atom. The third kappa shape index (κ3) is 4.90. The van der Waals surface area contributed by atoms with Crippen molar-refractivity contribution in [2.75, 3.05) is 23.4 Å². The van der Waals surface area contributed by atoms with Gasteiger partial charge < -0.3 is 14.6 Å². The number of anilines is 2. The SMILES string of the molecule is COc1c(NC(=O)c2cc3cccc(C=O)c3n2C)cc(C(C)(C)I)cc1NS(C)(=O)=O. The van der Waals surface area contributed by atoms with Gasteiger partial charge in [0.05, 0.1) is 30.3 Å². The van der Waals surface area contributed by atoms with Crippen LogP contribution in [0.3, 0.4) is 0 Å². The second-order valence-electron chi connectivity index (χ2n) is 7.90. The Kier molecular flexibility index (Phi) is 6.57. The highest BCUT2D eigenvalue weighted by Gasteiger charge is 2.24. The summed E-state index contributed by atoms with van der Waals surface area (Å²) in [4.78, 5) is 24.6. The predicted octanol–water partition coefficient (Wildman–Crippen LogP) is 4.29. The minimum absolute atomic E-state index is 0.195. The molecular weight excluding hydrogens is 545 g/mol. The molecule has 0 radical (unpaired) electrons. The van der Waals surface area contributed by atoms with Crippen LogP contribution in [-0.2, 0) is 20.5 Å². The molecule has 0 bridgehead atoms. The van der Waals surface area contributed by atoms with Gasteiger partial charge in [0, 0.05) is 21.4 Å². The molecule has 0 saturated carbocycles. The Hall–Kier alpha value is -2.60. The van der Waals surface area contributed by atoms with Crippen LogP contribution in [0, 0.1) is 0 Å². The molecule has 0 aliphatic rings. The number of nitrogens with one attached hydrogen (secondary N) is 2. The Bertz CT molecular complexity index is 1320. The molecule has 0 spiro atoms. The standard InChI is InChI=1S/C22H24IN3O5S/c1-22(2,23)15-10-16(20(31-4)17(11-15)25-32(5,29)30)24-21(28)18-9-13-7-6-8-14(12-27)19(13)26(18)3/h6-12,25H,1-5H3,(H,24,28). The number of hydrogen-bond acceptors (Lipinski definition) is 5. The van der Waals surface area contributed by atoms with Crippen molar-refractivity contribution in [3.63, 3.8) is 0 Å². The van der Waals surface area contributed by atoms with E-state index in [0.29, 0.717) is 22.5 Å². The molecule has 1 heterocycles. The number of rotatable bonds is 7. The Morgan fingerprint density at radius 2 is 1.84 bits per heavy atom. The van der Waals surface area contributed by atoms with E-state index in [1.165, 1.54) is 7.11 Å². The normalized spacial score (nSPS) is 11.9. The van der Waals surface area contributed by atoms with Gasteiger partial charge in [-0.25, -0.2) is 8.42 Å². The number of sulfonamides is 1. The maximum atomic E-state index is 13.2. The van der Waals surface area contributed by atoms with Crippen LogP contribution in [0.1, 0.15) is 40.3 Å². The van der Waals surface area contributed by atoms with Crippen LogP contribution in [-0.4, -0.2) is 38.5 Å². The molecule has 3 rings (SSSR count). The fourth-order valence-electron chi connectivity index (χ4n) is 3.51. The maximum Gasteiger partial charge on any atom is 0.272 e. The van der Waals surface area contributed by atoms with Crippen LogP contribution >= 0.6 is 22.6 Å². The highest BCUT2D eigenvalue weighted by atomic mass is 127. The average Bonchev–Trinajstić information content (AvgIpc) is 3.03. The summed E-state index contributed by atoms with van der Waals surface area (Å²) < 4.78 is 33.0. The zero-order chi connectivity index (χ0) is 23.8. The first kappa shape index (κ1) is 24.1. The molecule has 3 aromatic rings. The zero-order valence-electron chi connectivity index (χ0n) is 18.3. The molecule has 0 unspecified atom stereocenters. The van der Waals surface area contributed by atoms with Crippen molar-refractivity contribution < 1.29 is 22.7 Å². The Balaban J connectivity index is 2.12. The molecule has 8 nitrogen and oxygen atoms in total. The number of carbonyl (C=O) groups excluding carboxylic acids is 2. The summed E-state index contributed by atoms with van der Waals surface area (Å²) in [5.74, 6) is -0.229. The lowest BCUT2D eigenvalue weighted by Gasteiger charge is -2.22. The fraction of sp³-hybridized carbons (Fsp3) is 0.273. The van der Waals surface area contributed by atoms with E-state index in [-0.39, 0.29) is 14.9 Å². The summed E-state index contributed by atoms with van der Waals surface area (Å²) in [7, 11) is -0.469. The number of hydrogen-bond donors (Lipinski definition) is 2. The van der Waals surface area contributed by atoms with Crippen molar-refractivity contribution in [1.82, 2.24) is 4.57 Å². The molecule has 32 heavy (non-hydrogen) atoms. The van der Waals surface area contributed by atoms with Gasteiger partial charge in [-0.2, -0.15) is 0 Å². The Morgan fingerprint density at radius 1 is 1.19 bits per heavy atom. The number of halogens is 1. The molecule has 2 aromatic carbocycles. The zero-order valence-corrected chi connectivity index (χ0v) is 21.3. The Labute approximate surface area is 200 Å². The molecule has 0 fully saturated rings. The number of aromatic nitrogens is 1. The van der Waals surface area contributed by atoms with Gasteiger partial charge in [0.2, 0.25) is 10.0 Å². The predicted molar refractivity (Wildman–Crippen MR) is 135 cm³/mol. The fourth-order valence-corrected chi connectivity index (χ4v) is 4.37. The van der Waals surface area contributed by atoms with Crippen molar-refractivity contribution in [3.8, 4) is 5.75 Å². The third-order valence-electron chi connectivity index (χ3n) is 4.97. The second-order valence-corrected chi connectivity index (χ2v) is 12.3. The number of fused-ring (bicyclic) bond motifs is 1. The first-order valence-corrected chi connectivity index (χ1v) is 12.6. The van der Waals surface area contributed by atoms with Gasteiger partial charge in [-0.05, 0) is 43.7 Å². The summed E-state index contributed by atoms with van der Waals surface area (Å²) in [6.45, 7) is 3.94. The van der Waals surface area contributed by atoms with E-state index in [0.717, 1.165) is 23.5 Å². The van der Waals surface area contributed by atoms with Crippen molar-refractivity contribution in [1.29, 1.82) is 0 Å². The summed E-state index contributed by atoms with van der Waals surface area (Å²) in [6.07, 6.45) is 1.80. The topological polar surface area (TPSA) is 106 Å². The van der Waals surface area contributed by atoms with E-state index in [1.807, 2.05) is 19.9 Å². The quantitative estimate of drug-likeness (QED) is 0.251. The highest BCUT2D eigenvalue weighted by Crippen LogP contribution is 2.41. The minimum atomic E-state index is -3.58. The van der Waals surface area contributed by atoms with Crippen molar-refractivity contribution in [2.24, 2.45) is 7.05 Å². The lowest BCUT2D eigenvalue weighted by Crippen LogP contribution is -2.19. The number of nitrogens with zero attached hydrogens (tertiary/aromatic N) is 1. The highest BCUT2D eigenvalue weighted by molar-refractivity contribution is 14.1. The molecular formula is C22H24IN3O5S. The monoisotopic (exact) mass is 569 g/mol. The van der Waals surface area contributed by atoms with E-state index in [2.05, 4.69) is 32.6 Å². The number of alkyl halides is 1. The van der Waals surface area contributed by atoms with Gasteiger partial charge in [-0.3, -0.25) is 14.3 Å². The molecule has 170 valence electrons. The molecule has 1 aromatic heterocycles. The number of aryl methyl sites for hydroxylation is 1. The average molecular weight is 569 g/mol. The van der Waals surface area contributed by atoms with Crippen LogP contribution in [0.5, 0.6) is 5.75 Å². The number of amides is 1. The van der Waals surface area contributed by atoms with Crippen LogP contribution in [0.25, 0.3) is 10.9 Å². The largest absolute Gasteiger partial charge is 0.492 e. The number of benzene rings is 2. The van der Waals surface area contributed by atoms with E-state index < -0.39 is 15.9 Å². The summed E-state index contributed by atoms with van der Waals surface area (Å²) in [5.41, 5.74) is 2.82. The summed E-state index contributed by atoms with van der Waals surface area (Å²) in [5, 5.41) is 3.60. The third-order valence-corrected chi connectivity index (χ3v) is 6.18. The van der Waals surface area contributed by atoms with Crippen LogP contribution in [0.4, 0.5) is 11.4 Å². The molecule has 0 atom stereocenters. The lowest BCUT2D eigenvalue weighted by atomic mass is 10.0. The number of carbonyl (C=O) groups is 2. The van der Waals surface area contributed by atoms with Gasteiger partial charge in [0.1, 0.15) is 5.69 Å². The number of methoxy groups -OCH3 is 1. The minimum Gasteiger partial charge on any atom is -0.492 e. The summed E-state index contributed by atoms with van der Waals surface area (Å²) in [6, 6.07) is 10.4. The van der Waals surface area contributed by atoms with Crippen LogP contribution < -0.4 is 14.8 Å². The molecule has 2 N–H and O–H groups in total. The van der Waals surface area contributed by atoms with Crippen LogP contribution in [0.15, 0.2) is 36.4 Å². The van der Waals surface area contributed by atoms with Gasteiger partial charge in [0.15, 0.2) is 12.0 Å². The molecule has 0 aliphatic heterocycles. The van der Waals surface area contributed by atoms with Crippen LogP contribution in [0.2, 0.25) is 0 Å². The van der Waals surface area contributed by atoms with E-state index in [4.69, 9.17) is 4.74 Å². The summed E-state index contributed by atoms with van der Waals surface area (Å²) >= 11 is 2.24. The van der Waals surface area contributed by atoms with Gasteiger partial charge in [-0.1, -0.05) is 34.7 Å². The number of aldehydes is 1. The number of ether oxygens (including phenoxy) is 1. The van der Waals surface area contributed by atoms with Gasteiger partial charge in [0.25, 0.3) is 5.91 Å². The van der Waals surface area contributed by atoms with E-state index >= 15 is 0 Å². The van der Waals surface area contributed by atoms with Gasteiger partial charge >= 0.3 is 0 Å². The van der Waals surface area contributed by atoms with Crippen molar-refractivity contribution >= 4 is 67.1 Å². The van der Waals surface area contributed by atoms with Crippen molar-refractivity contribution in [3.05, 3.63) is 53.2 Å². The second kappa shape index (κ2) is 8.74. The molecule has 10 heteroatoms. The van der Waals surface area contributed by atoms with E-state index in [9.17, 15) is 18.0 Å². The molecule has 0 saturated heterocycles. The lowest BCUT2D eigenvalue weighted by molar-refractivity contribution is 0.101. The smallest absolute Gasteiger partial charge is 0.272 e.